The van der Waals surface area contributed by atoms with Crippen molar-refractivity contribution in [1.82, 2.24) is 9.21 Å². The number of nitrogens with zero attached hydrogens (tertiary/aromatic N) is 2. The average Bonchev–Trinajstić information content (AvgIpc) is 3.50. The number of benzene rings is 1. The highest BCUT2D eigenvalue weighted by molar-refractivity contribution is 7.89. The van der Waals surface area contributed by atoms with Gasteiger partial charge in [-0.1, -0.05) is 19.1 Å². The molecule has 1 heterocycles. The lowest BCUT2D eigenvalue weighted by Crippen LogP contribution is -2.45. The minimum Gasteiger partial charge on any atom is -0.478 e. The van der Waals surface area contributed by atoms with Crippen molar-refractivity contribution >= 4 is 21.9 Å². The van der Waals surface area contributed by atoms with E-state index < -0.39 is 16.0 Å². The predicted molar refractivity (Wildman–Crippen MR) is 99.9 cm³/mol. The zero-order valence-electron chi connectivity index (χ0n) is 15.5. The summed E-state index contributed by atoms with van der Waals surface area (Å²) in [4.78, 5) is 26.0. The summed E-state index contributed by atoms with van der Waals surface area (Å²) in [6, 6.07) is 6.01. The molecule has 1 aromatic rings. The van der Waals surface area contributed by atoms with Crippen molar-refractivity contribution in [3.8, 4) is 0 Å². The molecule has 3 rings (SSSR count). The van der Waals surface area contributed by atoms with E-state index in [4.69, 9.17) is 0 Å². The van der Waals surface area contributed by atoms with Crippen molar-refractivity contribution in [2.45, 2.75) is 50.0 Å². The molecule has 1 saturated heterocycles. The highest BCUT2D eigenvalue weighted by atomic mass is 32.2. The molecule has 1 saturated carbocycles. The fraction of sp³-hybridized carbons (Fsp3) is 0.579. The number of piperidine rings is 1. The average molecular weight is 394 g/mol. The lowest BCUT2D eigenvalue weighted by Gasteiger charge is -2.34. The molecule has 1 N–H and O–H groups in total. The van der Waals surface area contributed by atoms with E-state index in [1.165, 1.54) is 28.6 Å². The lowest BCUT2D eigenvalue weighted by molar-refractivity contribution is -0.137. The van der Waals surface area contributed by atoms with Crippen molar-refractivity contribution in [2.75, 3.05) is 19.6 Å². The van der Waals surface area contributed by atoms with Crippen LogP contribution >= 0.6 is 0 Å². The molecule has 27 heavy (non-hydrogen) atoms. The van der Waals surface area contributed by atoms with Gasteiger partial charge in [-0.2, -0.15) is 4.31 Å². The van der Waals surface area contributed by atoms with E-state index in [2.05, 4.69) is 6.92 Å². The summed E-state index contributed by atoms with van der Waals surface area (Å²) in [5.41, 5.74) is -0.224. The Labute approximate surface area is 160 Å². The molecule has 0 bridgehead atoms. The molecule has 2 fully saturated rings. The molecule has 0 atom stereocenters. The summed E-state index contributed by atoms with van der Waals surface area (Å²) in [6.45, 7) is 3.28. The Morgan fingerprint density at radius 3 is 2.33 bits per heavy atom. The zero-order valence-corrected chi connectivity index (χ0v) is 16.3. The highest BCUT2D eigenvalue weighted by Gasteiger charge is 2.38. The third kappa shape index (κ3) is 4.16. The van der Waals surface area contributed by atoms with Crippen LogP contribution in [0.15, 0.2) is 29.2 Å². The number of hydrogen-bond acceptors (Lipinski definition) is 4. The summed E-state index contributed by atoms with van der Waals surface area (Å²) >= 11 is 0. The topological polar surface area (TPSA) is 95.0 Å². The zero-order chi connectivity index (χ0) is 19.6. The molecule has 1 aliphatic carbocycles. The van der Waals surface area contributed by atoms with Crippen molar-refractivity contribution in [1.29, 1.82) is 0 Å². The fourth-order valence-corrected chi connectivity index (χ4v) is 5.34. The molecule has 0 aromatic heterocycles. The van der Waals surface area contributed by atoms with Crippen LogP contribution in [0.3, 0.4) is 0 Å². The quantitative estimate of drug-likeness (QED) is 0.765. The van der Waals surface area contributed by atoms with Gasteiger partial charge in [0.15, 0.2) is 0 Å². The van der Waals surface area contributed by atoms with Gasteiger partial charge in [0.25, 0.3) is 0 Å². The van der Waals surface area contributed by atoms with Crippen LogP contribution in [0.25, 0.3) is 0 Å². The van der Waals surface area contributed by atoms with Gasteiger partial charge in [0.05, 0.1) is 10.5 Å². The summed E-state index contributed by atoms with van der Waals surface area (Å²) in [6.07, 6.45) is 3.98. The van der Waals surface area contributed by atoms with Gasteiger partial charge in [-0.3, -0.25) is 4.79 Å². The van der Waals surface area contributed by atoms with Crippen LogP contribution in [0, 0.1) is 5.92 Å². The molecular weight excluding hydrogens is 368 g/mol. The number of carbonyl (C=O) groups excluding carboxylic acids is 1. The second-order valence-electron chi connectivity index (χ2n) is 7.24. The molecule has 148 valence electrons. The van der Waals surface area contributed by atoms with Gasteiger partial charge >= 0.3 is 5.97 Å². The van der Waals surface area contributed by atoms with E-state index in [-0.39, 0.29) is 35.4 Å². The van der Waals surface area contributed by atoms with E-state index in [0.29, 0.717) is 18.9 Å². The van der Waals surface area contributed by atoms with E-state index in [0.717, 1.165) is 25.8 Å². The third-order valence-corrected chi connectivity index (χ3v) is 7.23. The molecule has 8 heteroatoms. The van der Waals surface area contributed by atoms with E-state index in [1.807, 2.05) is 4.90 Å². The summed E-state index contributed by atoms with van der Waals surface area (Å²) in [5, 5.41) is 9.28. The van der Waals surface area contributed by atoms with E-state index in [9.17, 15) is 23.1 Å². The van der Waals surface area contributed by atoms with Gasteiger partial charge in [-0.25, -0.2) is 13.2 Å². The summed E-state index contributed by atoms with van der Waals surface area (Å²) in [5.74, 6) is -1.28. The second kappa shape index (κ2) is 7.98. The molecule has 2 aliphatic rings. The first-order chi connectivity index (χ1) is 12.9. The Morgan fingerprint density at radius 2 is 1.78 bits per heavy atom. The summed E-state index contributed by atoms with van der Waals surface area (Å²) < 4.78 is 27.1. The predicted octanol–water partition coefficient (Wildman–Crippen LogP) is 2.19. The van der Waals surface area contributed by atoms with Crippen LogP contribution in [-0.4, -0.2) is 60.3 Å². The standard InChI is InChI=1S/C19H26N2O5S/c1-2-11-21(15-7-8-15)18(22)14-9-12-20(13-10-14)27(25,26)17-6-4-3-5-16(17)19(23)24/h3-6,14-15H,2,7-13H2,1H3,(H,23,24). The number of rotatable bonds is 7. The molecule has 1 amide bonds. The molecule has 1 aromatic carbocycles. The van der Waals surface area contributed by atoms with Crippen molar-refractivity contribution < 1.29 is 23.1 Å². The monoisotopic (exact) mass is 394 g/mol. The first kappa shape index (κ1) is 19.8. The SMILES string of the molecule is CCCN(C(=O)C1CCN(S(=O)(=O)c2ccccc2C(=O)O)CC1)C1CC1. The number of carboxylic acid groups (broad SMARTS) is 1. The molecule has 1 aliphatic heterocycles. The number of carbonyl (C=O) groups is 2. The van der Waals surface area contributed by atoms with Gasteiger partial charge in [0.1, 0.15) is 0 Å². The number of carboxylic acids is 1. The Morgan fingerprint density at radius 1 is 1.15 bits per heavy atom. The largest absolute Gasteiger partial charge is 0.478 e. The Balaban J connectivity index is 1.70. The van der Waals surface area contributed by atoms with Crippen LogP contribution in [0.1, 0.15) is 49.4 Å². The maximum atomic E-state index is 12.9. The number of amides is 1. The van der Waals surface area contributed by atoms with E-state index >= 15 is 0 Å². The molecular formula is C19H26N2O5S. The van der Waals surface area contributed by atoms with Crippen LogP contribution < -0.4 is 0 Å². The molecule has 0 spiro atoms. The Kier molecular flexibility index (Phi) is 5.86. The fourth-order valence-electron chi connectivity index (χ4n) is 3.68. The van der Waals surface area contributed by atoms with Gasteiger partial charge in [0, 0.05) is 31.6 Å². The minimum absolute atomic E-state index is 0.141. The van der Waals surface area contributed by atoms with Crippen molar-refractivity contribution in [3.63, 3.8) is 0 Å². The maximum Gasteiger partial charge on any atom is 0.337 e. The Hall–Kier alpha value is -1.93. The first-order valence-corrected chi connectivity index (χ1v) is 10.9. The molecule has 7 nitrogen and oxygen atoms in total. The normalized spacial score (nSPS) is 19.0. The van der Waals surface area contributed by atoms with Gasteiger partial charge < -0.3 is 10.0 Å². The Bertz CT molecular complexity index is 811. The van der Waals surface area contributed by atoms with Crippen LogP contribution in [-0.2, 0) is 14.8 Å². The van der Waals surface area contributed by atoms with Crippen molar-refractivity contribution in [2.24, 2.45) is 5.92 Å². The number of sulfonamides is 1. The number of aromatic carboxylic acids is 1. The summed E-state index contributed by atoms with van der Waals surface area (Å²) in [7, 11) is -3.89. The van der Waals surface area contributed by atoms with Crippen LogP contribution in [0.2, 0.25) is 0 Å². The second-order valence-corrected chi connectivity index (χ2v) is 9.15. The highest BCUT2D eigenvalue weighted by Crippen LogP contribution is 2.32. The van der Waals surface area contributed by atoms with Crippen molar-refractivity contribution in [3.05, 3.63) is 29.8 Å². The molecule has 0 radical (unpaired) electrons. The smallest absolute Gasteiger partial charge is 0.337 e. The number of hydrogen-bond donors (Lipinski definition) is 1. The van der Waals surface area contributed by atoms with Gasteiger partial charge in [-0.15, -0.1) is 0 Å². The van der Waals surface area contributed by atoms with Crippen LogP contribution in [0.4, 0.5) is 0 Å². The van der Waals surface area contributed by atoms with E-state index in [1.54, 1.807) is 0 Å². The van der Waals surface area contributed by atoms with Crippen LogP contribution in [0.5, 0.6) is 0 Å². The van der Waals surface area contributed by atoms with Gasteiger partial charge in [-0.05, 0) is 44.2 Å². The minimum atomic E-state index is -3.89. The van der Waals surface area contributed by atoms with Gasteiger partial charge in [0.2, 0.25) is 15.9 Å². The molecule has 0 unspecified atom stereocenters. The lowest BCUT2D eigenvalue weighted by atomic mass is 9.96. The third-order valence-electron chi connectivity index (χ3n) is 5.27. The maximum absolute atomic E-state index is 12.9. The first-order valence-electron chi connectivity index (χ1n) is 9.49.